The van der Waals surface area contributed by atoms with Crippen molar-refractivity contribution in [2.75, 3.05) is 56.2 Å². The van der Waals surface area contributed by atoms with E-state index in [9.17, 15) is 14.9 Å². The summed E-state index contributed by atoms with van der Waals surface area (Å²) >= 11 is 1.34. The molecule has 1 amide bonds. The van der Waals surface area contributed by atoms with Crippen LogP contribution in [0.15, 0.2) is 66.0 Å². The van der Waals surface area contributed by atoms with E-state index < -0.39 is 4.92 Å². The second kappa shape index (κ2) is 10.5. The highest BCUT2D eigenvalue weighted by Crippen LogP contribution is 2.30. The maximum absolute atomic E-state index is 13.2. The molecule has 0 unspecified atom stereocenters. The van der Waals surface area contributed by atoms with Gasteiger partial charge in [0, 0.05) is 45.3 Å². The number of ether oxygens (including phenoxy) is 1. The minimum atomic E-state index is -0.434. The Morgan fingerprint density at radius 2 is 1.79 bits per heavy atom. The highest BCUT2D eigenvalue weighted by Gasteiger charge is 2.27. The highest BCUT2D eigenvalue weighted by atomic mass is 32.1. The second-order valence-corrected chi connectivity index (χ2v) is 8.63. The van der Waals surface area contributed by atoms with Crippen LogP contribution in [0.2, 0.25) is 0 Å². The Morgan fingerprint density at radius 1 is 1.06 bits per heavy atom. The first kappa shape index (κ1) is 22.8. The lowest BCUT2D eigenvalue weighted by molar-refractivity contribution is -0.384. The van der Waals surface area contributed by atoms with Gasteiger partial charge in [0.2, 0.25) is 0 Å². The van der Waals surface area contributed by atoms with E-state index in [0.717, 1.165) is 37.6 Å². The number of carbonyl (C=O) groups excluding carboxylic acids is 1. The number of benzene rings is 2. The summed E-state index contributed by atoms with van der Waals surface area (Å²) in [5.41, 5.74) is 1.34. The molecule has 0 aliphatic carbocycles. The summed E-state index contributed by atoms with van der Waals surface area (Å²) in [6.07, 6.45) is 0. The van der Waals surface area contributed by atoms with Gasteiger partial charge in [-0.15, -0.1) is 11.3 Å². The number of methoxy groups -OCH3 is 1. The van der Waals surface area contributed by atoms with Gasteiger partial charge in [-0.3, -0.25) is 19.8 Å². The van der Waals surface area contributed by atoms with E-state index in [1.54, 1.807) is 31.4 Å². The van der Waals surface area contributed by atoms with Crippen LogP contribution in [0.3, 0.4) is 0 Å². The summed E-state index contributed by atoms with van der Waals surface area (Å²) < 4.78 is 5.49. The van der Waals surface area contributed by atoms with Crippen LogP contribution in [0, 0.1) is 10.1 Å². The van der Waals surface area contributed by atoms with E-state index >= 15 is 0 Å². The summed E-state index contributed by atoms with van der Waals surface area (Å²) in [4.78, 5) is 31.1. The summed E-state index contributed by atoms with van der Waals surface area (Å²) in [5, 5.41) is 13.4. The standard InChI is InChI=1S/C24H26N4O4S/c1-32-22-10-5-4-9-21(22)26-15-12-25(13-16-26)14-17-27(24(29)23-11-6-18-33-23)19-7-2-3-8-20(19)28(30)31/h2-11,18H,12-17H2,1H3. The third-order valence-corrected chi connectivity index (χ3v) is 6.64. The SMILES string of the molecule is COc1ccccc1N1CCN(CCN(C(=O)c2cccs2)c2ccccc2[N+](=O)[O-])CC1. The predicted octanol–water partition coefficient (Wildman–Crippen LogP) is 4.13. The molecule has 0 radical (unpaired) electrons. The molecule has 2 aromatic carbocycles. The van der Waals surface area contributed by atoms with Crippen molar-refractivity contribution in [3.8, 4) is 5.75 Å². The maximum Gasteiger partial charge on any atom is 0.292 e. The number of rotatable bonds is 8. The molecule has 1 aliphatic rings. The van der Waals surface area contributed by atoms with E-state index in [1.807, 2.05) is 29.6 Å². The lowest BCUT2D eigenvalue weighted by Crippen LogP contribution is -2.49. The monoisotopic (exact) mass is 466 g/mol. The molecule has 172 valence electrons. The van der Waals surface area contributed by atoms with Crippen molar-refractivity contribution in [1.29, 1.82) is 0 Å². The molecule has 0 N–H and O–H groups in total. The molecular formula is C24H26N4O4S. The van der Waals surface area contributed by atoms with E-state index in [1.165, 1.54) is 22.3 Å². The fourth-order valence-electron chi connectivity index (χ4n) is 4.06. The minimum absolute atomic E-state index is 0.0663. The Kier molecular flexibility index (Phi) is 7.21. The van der Waals surface area contributed by atoms with Gasteiger partial charge >= 0.3 is 0 Å². The first-order chi connectivity index (χ1) is 16.1. The van der Waals surface area contributed by atoms with E-state index in [0.29, 0.717) is 23.7 Å². The topological polar surface area (TPSA) is 79.2 Å². The van der Waals surface area contributed by atoms with Crippen LogP contribution in [0.1, 0.15) is 9.67 Å². The summed E-state index contributed by atoms with van der Waals surface area (Å²) in [6, 6.07) is 18.0. The van der Waals surface area contributed by atoms with Crippen molar-refractivity contribution in [2.45, 2.75) is 0 Å². The molecule has 1 saturated heterocycles. The molecule has 2 heterocycles. The summed E-state index contributed by atoms with van der Waals surface area (Å²) in [7, 11) is 1.68. The summed E-state index contributed by atoms with van der Waals surface area (Å²) in [6.45, 7) is 4.33. The molecule has 8 nitrogen and oxygen atoms in total. The molecule has 1 aliphatic heterocycles. The molecule has 1 fully saturated rings. The van der Waals surface area contributed by atoms with Gasteiger partial charge in [0.25, 0.3) is 11.6 Å². The number of amides is 1. The predicted molar refractivity (Wildman–Crippen MR) is 131 cm³/mol. The van der Waals surface area contributed by atoms with Gasteiger partial charge < -0.3 is 14.5 Å². The molecule has 9 heteroatoms. The first-order valence-electron chi connectivity index (χ1n) is 10.8. The molecule has 0 saturated carbocycles. The zero-order chi connectivity index (χ0) is 23.2. The van der Waals surface area contributed by atoms with Crippen molar-refractivity contribution in [2.24, 2.45) is 0 Å². The Labute approximate surface area is 196 Å². The van der Waals surface area contributed by atoms with Crippen molar-refractivity contribution >= 4 is 34.3 Å². The second-order valence-electron chi connectivity index (χ2n) is 7.68. The molecule has 3 aromatic rings. The van der Waals surface area contributed by atoms with Gasteiger partial charge in [0.05, 0.1) is 22.6 Å². The van der Waals surface area contributed by atoms with Crippen LogP contribution in [-0.2, 0) is 0 Å². The average Bonchev–Trinajstić information content (AvgIpc) is 3.40. The fourth-order valence-corrected chi connectivity index (χ4v) is 4.73. The van der Waals surface area contributed by atoms with Crippen LogP contribution in [0.25, 0.3) is 0 Å². The van der Waals surface area contributed by atoms with Gasteiger partial charge in [0.1, 0.15) is 11.4 Å². The normalized spacial score (nSPS) is 14.2. The third-order valence-electron chi connectivity index (χ3n) is 5.78. The van der Waals surface area contributed by atoms with Crippen LogP contribution < -0.4 is 14.5 Å². The Hall–Kier alpha value is -3.43. The van der Waals surface area contributed by atoms with Gasteiger partial charge in [-0.2, -0.15) is 0 Å². The number of carbonyl (C=O) groups is 1. The van der Waals surface area contributed by atoms with Gasteiger partial charge in [-0.05, 0) is 29.6 Å². The van der Waals surface area contributed by atoms with Crippen LogP contribution >= 0.6 is 11.3 Å². The minimum Gasteiger partial charge on any atom is -0.495 e. The van der Waals surface area contributed by atoms with Crippen molar-refractivity contribution < 1.29 is 14.5 Å². The third kappa shape index (κ3) is 5.15. The zero-order valence-electron chi connectivity index (χ0n) is 18.4. The van der Waals surface area contributed by atoms with Crippen molar-refractivity contribution in [1.82, 2.24) is 4.90 Å². The lowest BCUT2D eigenvalue weighted by atomic mass is 10.2. The molecule has 0 bridgehead atoms. The van der Waals surface area contributed by atoms with E-state index in [-0.39, 0.29) is 11.6 Å². The number of thiophene rings is 1. The molecular weight excluding hydrogens is 440 g/mol. The molecule has 4 rings (SSSR count). The number of hydrogen-bond acceptors (Lipinski definition) is 7. The van der Waals surface area contributed by atoms with Crippen molar-refractivity contribution in [3.63, 3.8) is 0 Å². The van der Waals surface area contributed by atoms with Crippen molar-refractivity contribution in [3.05, 3.63) is 81.0 Å². The number of nitro groups is 1. The number of hydrogen-bond donors (Lipinski definition) is 0. The fraction of sp³-hybridized carbons (Fsp3) is 0.292. The largest absolute Gasteiger partial charge is 0.495 e. The number of anilines is 2. The Bertz CT molecular complexity index is 1100. The van der Waals surface area contributed by atoms with Gasteiger partial charge in [-0.25, -0.2) is 0 Å². The lowest BCUT2D eigenvalue weighted by Gasteiger charge is -2.37. The Balaban J connectivity index is 1.46. The van der Waals surface area contributed by atoms with Crippen LogP contribution in [-0.4, -0.2) is 62.1 Å². The maximum atomic E-state index is 13.2. The highest BCUT2D eigenvalue weighted by molar-refractivity contribution is 7.12. The number of piperazine rings is 1. The average molecular weight is 467 g/mol. The van der Waals surface area contributed by atoms with Crippen LogP contribution in [0.4, 0.5) is 17.1 Å². The quantitative estimate of drug-likeness (QED) is 0.367. The molecule has 1 aromatic heterocycles. The molecule has 0 atom stereocenters. The smallest absolute Gasteiger partial charge is 0.292 e. The van der Waals surface area contributed by atoms with Gasteiger partial charge in [-0.1, -0.05) is 30.3 Å². The molecule has 0 spiro atoms. The molecule has 33 heavy (non-hydrogen) atoms. The van der Waals surface area contributed by atoms with Gasteiger partial charge in [0.15, 0.2) is 0 Å². The Morgan fingerprint density at radius 3 is 2.48 bits per heavy atom. The number of nitrogens with zero attached hydrogens (tertiary/aromatic N) is 4. The van der Waals surface area contributed by atoms with E-state index in [4.69, 9.17) is 4.74 Å². The van der Waals surface area contributed by atoms with Crippen LogP contribution in [0.5, 0.6) is 5.75 Å². The van der Waals surface area contributed by atoms with E-state index in [2.05, 4.69) is 15.9 Å². The zero-order valence-corrected chi connectivity index (χ0v) is 19.2. The number of para-hydroxylation sites is 4. The first-order valence-corrected chi connectivity index (χ1v) is 11.7. The number of nitro benzene ring substituents is 1. The summed E-state index contributed by atoms with van der Waals surface area (Å²) in [5.74, 6) is 0.641.